The van der Waals surface area contributed by atoms with E-state index in [4.69, 9.17) is 0 Å². The SMILES string of the molecule is CC1(C)C2CCC1(C(=O)NNC(=O)c1ccccc1Br)C(=O)C2. The summed E-state index contributed by atoms with van der Waals surface area (Å²) in [6.07, 6.45) is 1.89. The predicted molar refractivity (Wildman–Crippen MR) is 88.3 cm³/mol. The van der Waals surface area contributed by atoms with Gasteiger partial charge in [0, 0.05) is 10.9 Å². The Balaban J connectivity index is 1.74. The second-order valence-corrected chi connectivity index (χ2v) is 7.73. The lowest BCUT2D eigenvalue weighted by atomic mass is 9.68. The molecule has 2 bridgehead atoms. The van der Waals surface area contributed by atoms with E-state index < -0.39 is 17.2 Å². The van der Waals surface area contributed by atoms with E-state index in [-0.39, 0.29) is 17.1 Å². The zero-order valence-electron chi connectivity index (χ0n) is 13.1. The van der Waals surface area contributed by atoms with E-state index in [9.17, 15) is 14.4 Å². The molecule has 3 rings (SSSR count). The summed E-state index contributed by atoms with van der Waals surface area (Å²) >= 11 is 3.30. The Morgan fingerprint density at radius 1 is 1.22 bits per heavy atom. The van der Waals surface area contributed by atoms with E-state index in [2.05, 4.69) is 26.8 Å². The third-order valence-corrected chi connectivity index (χ3v) is 6.38. The second kappa shape index (κ2) is 5.44. The lowest BCUT2D eigenvalue weighted by molar-refractivity contribution is -0.145. The van der Waals surface area contributed by atoms with Crippen molar-refractivity contribution in [1.82, 2.24) is 10.9 Å². The highest BCUT2D eigenvalue weighted by Gasteiger charge is 2.68. The van der Waals surface area contributed by atoms with Crippen molar-refractivity contribution in [1.29, 1.82) is 0 Å². The summed E-state index contributed by atoms with van der Waals surface area (Å²) in [4.78, 5) is 37.3. The quantitative estimate of drug-likeness (QED) is 0.613. The number of rotatable bonds is 2. The Hall–Kier alpha value is -1.69. The van der Waals surface area contributed by atoms with Crippen molar-refractivity contribution >= 4 is 33.5 Å². The molecule has 2 saturated carbocycles. The first-order valence-electron chi connectivity index (χ1n) is 7.69. The molecule has 0 aliphatic heterocycles. The summed E-state index contributed by atoms with van der Waals surface area (Å²) in [7, 11) is 0. The van der Waals surface area contributed by atoms with Crippen LogP contribution in [0.1, 0.15) is 43.5 Å². The third-order valence-electron chi connectivity index (χ3n) is 5.69. The molecule has 1 aromatic carbocycles. The first-order chi connectivity index (χ1) is 10.8. The standard InChI is InChI=1S/C17H19BrN2O3/c1-16(2)10-7-8-17(16,13(21)9-10)15(23)20-19-14(22)11-5-3-4-6-12(11)18/h3-6,10H,7-9H2,1-2H3,(H,19,22)(H,20,23). The number of fused-ring (bicyclic) bond motifs is 2. The molecular weight excluding hydrogens is 360 g/mol. The van der Waals surface area contributed by atoms with E-state index >= 15 is 0 Å². The van der Waals surface area contributed by atoms with Gasteiger partial charge in [0.2, 0.25) is 0 Å². The van der Waals surface area contributed by atoms with Gasteiger partial charge in [0.05, 0.1) is 5.56 Å². The van der Waals surface area contributed by atoms with Crippen LogP contribution < -0.4 is 10.9 Å². The number of benzene rings is 1. The van der Waals surface area contributed by atoms with Crippen molar-refractivity contribution in [3.63, 3.8) is 0 Å². The van der Waals surface area contributed by atoms with Crippen molar-refractivity contribution in [2.45, 2.75) is 33.1 Å². The number of ketones is 1. The predicted octanol–water partition coefficient (Wildman–Crippen LogP) is 2.61. The molecule has 2 N–H and O–H groups in total. The number of hydrazine groups is 1. The van der Waals surface area contributed by atoms with Gasteiger partial charge < -0.3 is 0 Å². The summed E-state index contributed by atoms with van der Waals surface area (Å²) < 4.78 is 0.642. The number of nitrogens with one attached hydrogen (secondary N) is 2. The summed E-state index contributed by atoms with van der Waals surface area (Å²) in [6, 6.07) is 6.95. The fraction of sp³-hybridized carbons (Fsp3) is 0.471. The molecule has 2 atom stereocenters. The highest BCUT2D eigenvalue weighted by Crippen LogP contribution is 2.63. The topological polar surface area (TPSA) is 75.3 Å². The van der Waals surface area contributed by atoms with Crippen LogP contribution in [-0.4, -0.2) is 17.6 Å². The van der Waals surface area contributed by atoms with Crippen LogP contribution in [0.4, 0.5) is 0 Å². The summed E-state index contributed by atoms with van der Waals surface area (Å²) in [5.74, 6) is -0.570. The molecule has 2 unspecified atom stereocenters. The summed E-state index contributed by atoms with van der Waals surface area (Å²) in [6.45, 7) is 3.95. The molecule has 0 heterocycles. The lowest BCUT2D eigenvalue weighted by Gasteiger charge is -2.34. The van der Waals surface area contributed by atoms with Gasteiger partial charge >= 0.3 is 0 Å². The Bertz CT molecular complexity index is 701. The van der Waals surface area contributed by atoms with E-state index in [0.29, 0.717) is 22.9 Å². The van der Waals surface area contributed by atoms with Crippen LogP contribution in [0.3, 0.4) is 0 Å². The molecule has 2 aliphatic rings. The Morgan fingerprint density at radius 3 is 2.48 bits per heavy atom. The van der Waals surface area contributed by atoms with Crippen LogP contribution in [0.25, 0.3) is 0 Å². The molecule has 1 aromatic rings. The van der Waals surface area contributed by atoms with Gasteiger partial charge in [-0.1, -0.05) is 26.0 Å². The fourth-order valence-electron chi connectivity index (χ4n) is 4.14. The molecule has 6 heteroatoms. The van der Waals surface area contributed by atoms with Crippen LogP contribution in [0, 0.1) is 16.7 Å². The smallest absolute Gasteiger partial charge is 0.270 e. The van der Waals surface area contributed by atoms with Crippen molar-refractivity contribution in [2.24, 2.45) is 16.7 Å². The van der Waals surface area contributed by atoms with Crippen LogP contribution in [-0.2, 0) is 9.59 Å². The van der Waals surface area contributed by atoms with Crippen molar-refractivity contribution < 1.29 is 14.4 Å². The Morgan fingerprint density at radius 2 is 1.91 bits per heavy atom. The number of hydrogen-bond donors (Lipinski definition) is 2. The lowest BCUT2D eigenvalue weighted by Crippen LogP contribution is -2.54. The molecule has 0 spiro atoms. The second-order valence-electron chi connectivity index (χ2n) is 6.88. The number of amides is 2. The highest BCUT2D eigenvalue weighted by atomic mass is 79.9. The number of halogens is 1. The van der Waals surface area contributed by atoms with Gasteiger partial charge in [-0.25, -0.2) is 0 Å². The first-order valence-corrected chi connectivity index (χ1v) is 8.48. The molecule has 2 amide bonds. The van der Waals surface area contributed by atoms with Crippen molar-refractivity contribution in [3.05, 3.63) is 34.3 Å². The molecule has 5 nitrogen and oxygen atoms in total. The maximum absolute atomic E-state index is 12.7. The minimum absolute atomic E-state index is 0.00797. The molecule has 2 aliphatic carbocycles. The molecule has 0 aromatic heterocycles. The van der Waals surface area contributed by atoms with Crippen LogP contribution in [0.5, 0.6) is 0 Å². The molecule has 23 heavy (non-hydrogen) atoms. The molecule has 2 fully saturated rings. The minimum atomic E-state index is -1.02. The monoisotopic (exact) mass is 378 g/mol. The molecule has 122 valence electrons. The van der Waals surface area contributed by atoms with Crippen molar-refractivity contribution in [3.8, 4) is 0 Å². The number of carbonyl (C=O) groups is 3. The third kappa shape index (κ3) is 2.23. The van der Waals surface area contributed by atoms with Gasteiger partial charge in [-0.15, -0.1) is 0 Å². The van der Waals surface area contributed by atoms with Crippen LogP contribution >= 0.6 is 15.9 Å². The van der Waals surface area contributed by atoms with Gasteiger partial charge in [0.25, 0.3) is 11.8 Å². The summed E-state index contributed by atoms with van der Waals surface area (Å²) in [5.41, 5.74) is 3.95. The van der Waals surface area contributed by atoms with E-state index in [0.717, 1.165) is 6.42 Å². The molecule has 0 radical (unpaired) electrons. The fourth-order valence-corrected chi connectivity index (χ4v) is 4.61. The number of hydrogen-bond acceptors (Lipinski definition) is 3. The summed E-state index contributed by atoms with van der Waals surface area (Å²) in [5, 5.41) is 0. The van der Waals surface area contributed by atoms with Gasteiger partial charge in [0.15, 0.2) is 0 Å². The highest BCUT2D eigenvalue weighted by molar-refractivity contribution is 9.10. The Labute approximate surface area is 143 Å². The zero-order valence-corrected chi connectivity index (χ0v) is 14.7. The normalized spacial score (nSPS) is 27.8. The van der Waals surface area contributed by atoms with Crippen molar-refractivity contribution in [2.75, 3.05) is 0 Å². The zero-order chi connectivity index (χ0) is 16.8. The average Bonchev–Trinajstić information content (AvgIpc) is 2.88. The average molecular weight is 379 g/mol. The van der Waals surface area contributed by atoms with Gasteiger partial charge in [-0.05, 0) is 52.2 Å². The van der Waals surface area contributed by atoms with Gasteiger partial charge in [-0.2, -0.15) is 0 Å². The van der Waals surface area contributed by atoms with Crippen LogP contribution in [0.15, 0.2) is 28.7 Å². The van der Waals surface area contributed by atoms with Gasteiger partial charge in [-0.3, -0.25) is 25.2 Å². The first kappa shape index (κ1) is 16.2. The van der Waals surface area contributed by atoms with Crippen LogP contribution in [0.2, 0.25) is 0 Å². The Kier molecular flexibility index (Phi) is 3.83. The van der Waals surface area contributed by atoms with E-state index in [1.165, 1.54) is 0 Å². The molecule has 0 saturated heterocycles. The maximum atomic E-state index is 12.7. The number of carbonyl (C=O) groups excluding carboxylic acids is 3. The number of Topliss-reactive ketones (excluding diaryl/α,β-unsaturated/α-hetero) is 1. The van der Waals surface area contributed by atoms with Gasteiger partial charge in [0.1, 0.15) is 11.2 Å². The van der Waals surface area contributed by atoms with E-state index in [1.54, 1.807) is 24.3 Å². The van der Waals surface area contributed by atoms with E-state index in [1.807, 2.05) is 13.8 Å². The minimum Gasteiger partial charge on any atom is -0.298 e. The molecular formula is C17H19BrN2O3. The maximum Gasteiger partial charge on any atom is 0.270 e. The largest absolute Gasteiger partial charge is 0.298 e.